The Morgan fingerprint density at radius 2 is 1.95 bits per heavy atom. The van der Waals surface area contributed by atoms with E-state index in [0.717, 1.165) is 0 Å². The van der Waals surface area contributed by atoms with Crippen molar-refractivity contribution in [1.29, 1.82) is 0 Å². The third-order valence-corrected chi connectivity index (χ3v) is 7.45. The zero-order chi connectivity index (χ0) is 26.0. The number of aliphatic hydroxyl groups is 1. The molecule has 0 bridgehead atoms. The fourth-order valence-corrected chi connectivity index (χ4v) is 5.16. The number of nitrogens with zero attached hydrogens (tertiary/aromatic N) is 4. The van der Waals surface area contributed by atoms with E-state index in [1.807, 2.05) is 0 Å². The summed E-state index contributed by atoms with van der Waals surface area (Å²) in [7, 11) is -1.26. The Bertz CT molecular complexity index is 1560. The number of fused-ring (bicyclic) bond motifs is 1. The van der Waals surface area contributed by atoms with Crippen LogP contribution in [0.15, 0.2) is 70.4 Å². The second-order valence-electron chi connectivity index (χ2n) is 8.37. The number of anilines is 2. The van der Waals surface area contributed by atoms with Crippen molar-refractivity contribution < 1.29 is 27.9 Å². The molecular weight excluding hydrogens is 501 g/mol. The molecule has 2 N–H and O–H groups in total. The van der Waals surface area contributed by atoms with E-state index in [-0.39, 0.29) is 19.0 Å². The highest BCUT2D eigenvalue weighted by molar-refractivity contribution is 7.93. The minimum atomic E-state index is -2.75. The van der Waals surface area contributed by atoms with Gasteiger partial charge in [-0.15, -0.1) is 0 Å². The molecule has 2 aromatic carbocycles. The number of aromatic nitrogens is 3. The van der Waals surface area contributed by atoms with Crippen LogP contribution < -0.4 is 14.8 Å². The highest BCUT2D eigenvalue weighted by Crippen LogP contribution is 2.38. The number of methoxy groups -OCH3 is 1. The van der Waals surface area contributed by atoms with Gasteiger partial charge >= 0.3 is 0 Å². The third-order valence-electron chi connectivity index (χ3n) is 5.75. The van der Waals surface area contributed by atoms with Gasteiger partial charge in [-0.1, -0.05) is 0 Å². The van der Waals surface area contributed by atoms with E-state index in [2.05, 4.69) is 24.6 Å². The monoisotopic (exact) mass is 525 g/mol. The molecule has 4 aromatic rings. The normalized spacial score (nSPS) is 18.8. The molecule has 5 rings (SSSR count). The maximum Gasteiger partial charge on any atom is 0.150 e. The Kier molecular flexibility index (Phi) is 6.87. The van der Waals surface area contributed by atoms with Crippen LogP contribution in [0, 0.1) is 5.82 Å². The van der Waals surface area contributed by atoms with Crippen molar-refractivity contribution in [3.05, 3.63) is 67.0 Å². The summed E-state index contributed by atoms with van der Waals surface area (Å²) in [5.74, 6) is 0.464. The number of benzene rings is 2. The summed E-state index contributed by atoms with van der Waals surface area (Å²) < 4.78 is 48.5. The first-order valence-corrected chi connectivity index (χ1v) is 13.2. The highest BCUT2D eigenvalue weighted by Gasteiger charge is 2.29. The molecule has 1 aliphatic rings. The van der Waals surface area contributed by atoms with E-state index in [9.17, 15) is 13.7 Å². The van der Waals surface area contributed by atoms with Crippen LogP contribution in [-0.2, 0) is 14.5 Å². The second kappa shape index (κ2) is 10.2. The van der Waals surface area contributed by atoms with Crippen molar-refractivity contribution in [2.45, 2.75) is 17.1 Å². The molecule has 1 aliphatic heterocycles. The average Bonchev–Trinajstić information content (AvgIpc) is 3.29. The van der Waals surface area contributed by atoms with Gasteiger partial charge in [0.05, 0.1) is 57.2 Å². The lowest BCUT2D eigenvalue weighted by Gasteiger charge is -2.19. The Labute approximate surface area is 212 Å². The molecule has 1 fully saturated rings. The van der Waals surface area contributed by atoms with E-state index < -0.39 is 27.8 Å². The van der Waals surface area contributed by atoms with Crippen LogP contribution in [-0.4, -0.2) is 63.1 Å². The number of ether oxygens (including phenoxy) is 3. The van der Waals surface area contributed by atoms with Crippen LogP contribution in [0.3, 0.4) is 0 Å². The van der Waals surface area contributed by atoms with Crippen molar-refractivity contribution in [3.8, 4) is 11.5 Å². The van der Waals surface area contributed by atoms with Crippen LogP contribution in [0.4, 0.5) is 21.6 Å². The summed E-state index contributed by atoms with van der Waals surface area (Å²) >= 11 is 0. The first kappa shape index (κ1) is 24.8. The van der Waals surface area contributed by atoms with Gasteiger partial charge in [0.15, 0.2) is 6.10 Å². The van der Waals surface area contributed by atoms with E-state index in [1.165, 1.54) is 31.6 Å². The number of nitrogens with one attached hydrogen (secondary N) is 1. The summed E-state index contributed by atoms with van der Waals surface area (Å²) in [4.78, 5) is 13.2. The first-order valence-electron chi connectivity index (χ1n) is 11.3. The minimum Gasteiger partial charge on any atom is -0.496 e. The van der Waals surface area contributed by atoms with Crippen molar-refractivity contribution >= 4 is 37.8 Å². The molecule has 192 valence electrons. The van der Waals surface area contributed by atoms with E-state index in [0.29, 0.717) is 38.7 Å². The quantitative estimate of drug-likeness (QED) is 0.370. The molecule has 0 saturated carbocycles. The fourth-order valence-electron chi connectivity index (χ4n) is 3.92. The number of hydrogen-bond acceptors (Lipinski definition) is 10. The van der Waals surface area contributed by atoms with Crippen LogP contribution in [0.25, 0.3) is 10.9 Å². The molecule has 2 aromatic heterocycles. The Balaban J connectivity index is 1.54. The van der Waals surface area contributed by atoms with Crippen molar-refractivity contribution in [2.24, 2.45) is 4.36 Å². The lowest BCUT2D eigenvalue weighted by atomic mass is 10.2. The molecule has 0 aliphatic carbocycles. The smallest absolute Gasteiger partial charge is 0.150 e. The SMILES string of the molecule is COc1cc(N=S(C)(=O)c2ccncc2)cc2ncnc(Nc3ccc(F)cc3O[C@H]3COC[C@H]3O)c12. The summed E-state index contributed by atoms with van der Waals surface area (Å²) in [6.07, 6.45) is 4.58. The number of halogens is 1. The standard InChI is InChI=1S/C25H24FN5O5S/c1-34-22-11-16(31-37(2,33)17-5-7-27-8-6-17)10-19-24(22)25(29-14-28-19)30-18-4-3-15(26)9-21(18)36-23-13-35-12-20(23)32/h3-11,14,20,23,32H,12-13H2,1-2H3,(H,28,29,30)/t20-,23+,37?/m1/s1. The second-order valence-corrected chi connectivity index (χ2v) is 10.6. The number of rotatable bonds is 7. The summed E-state index contributed by atoms with van der Waals surface area (Å²) in [5.41, 5.74) is 1.33. The van der Waals surface area contributed by atoms with Crippen molar-refractivity contribution in [1.82, 2.24) is 15.0 Å². The minimum absolute atomic E-state index is 0.148. The van der Waals surface area contributed by atoms with Gasteiger partial charge in [-0.2, -0.15) is 4.36 Å². The largest absolute Gasteiger partial charge is 0.496 e. The lowest BCUT2D eigenvalue weighted by molar-refractivity contribution is 0.0736. The number of aliphatic hydroxyl groups excluding tert-OH is 1. The van der Waals surface area contributed by atoms with Crippen molar-refractivity contribution in [3.63, 3.8) is 0 Å². The zero-order valence-corrected chi connectivity index (χ0v) is 20.8. The first-order chi connectivity index (χ1) is 17.8. The van der Waals surface area contributed by atoms with Crippen LogP contribution in [0.1, 0.15) is 0 Å². The number of hydrogen-bond donors (Lipinski definition) is 2. The molecule has 0 amide bonds. The van der Waals surface area contributed by atoms with Crippen LogP contribution in [0.5, 0.6) is 11.5 Å². The van der Waals surface area contributed by atoms with Gasteiger partial charge in [0.25, 0.3) is 0 Å². The molecule has 10 nitrogen and oxygen atoms in total. The fraction of sp³-hybridized carbons (Fsp3) is 0.240. The third kappa shape index (κ3) is 5.31. The van der Waals surface area contributed by atoms with Crippen molar-refractivity contribution in [2.75, 3.05) is 31.9 Å². The zero-order valence-electron chi connectivity index (χ0n) is 20.0. The molecular formula is C25H24FN5O5S. The number of pyridine rings is 1. The topological polar surface area (TPSA) is 128 Å². The van der Waals surface area contributed by atoms with Gasteiger partial charge in [-0.05, 0) is 30.3 Å². The molecule has 1 saturated heterocycles. The Morgan fingerprint density at radius 3 is 2.68 bits per heavy atom. The van der Waals surface area contributed by atoms with E-state index >= 15 is 0 Å². The van der Waals surface area contributed by atoms with Gasteiger partial charge < -0.3 is 24.6 Å². The predicted octanol–water partition coefficient (Wildman–Crippen LogP) is 3.84. The maximum atomic E-state index is 14.0. The highest BCUT2D eigenvalue weighted by atomic mass is 32.2. The van der Waals surface area contributed by atoms with Gasteiger partial charge in [-0.3, -0.25) is 4.98 Å². The summed E-state index contributed by atoms with van der Waals surface area (Å²) in [6.45, 7) is 0.336. The molecule has 3 atom stereocenters. The average molecular weight is 526 g/mol. The van der Waals surface area contributed by atoms with E-state index in [1.54, 1.807) is 42.9 Å². The van der Waals surface area contributed by atoms with Gasteiger partial charge in [-0.25, -0.2) is 18.6 Å². The van der Waals surface area contributed by atoms with E-state index in [4.69, 9.17) is 14.2 Å². The Morgan fingerprint density at radius 1 is 1.14 bits per heavy atom. The molecule has 12 heteroatoms. The predicted molar refractivity (Wildman–Crippen MR) is 136 cm³/mol. The van der Waals surface area contributed by atoms with Crippen LogP contribution >= 0.6 is 0 Å². The summed E-state index contributed by atoms with van der Waals surface area (Å²) in [5, 5.41) is 13.8. The molecule has 0 radical (unpaired) electrons. The lowest BCUT2D eigenvalue weighted by Crippen LogP contribution is -2.30. The Hall–Kier alpha value is -3.87. The molecule has 3 heterocycles. The molecule has 37 heavy (non-hydrogen) atoms. The summed E-state index contributed by atoms with van der Waals surface area (Å²) in [6, 6.07) is 10.7. The van der Waals surface area contributed by atoms with Gasteiger partial charge in [0.1, 0.15) is 35.6 Å². The maximum absolute atomic E-state index is 14.0. The molecule has 0 spiro atoms. The van der Waals surface area contributed by atoms with Crippen LogP contribution in [0.2, 0.25) is 0 Å². The van der Waals surface area contributed by atoms with Gasteiger partial charge in [0, 0.05) is 30.8 Å². The van der Waals surface area contributed by atoms with Gasteiger partial charge in [0.2, 0.25) is 0 Å². The molecule has 1 unspecified atom stereocenters.